The van der Waals surface area contributed by atoms with Gasteiger partial charge in [-0.3, -0.25) is 4.79 Å². The summed E-state index contributed by atoms with van der Waals surface area (Å²) in [6, 6.07) is 14.6. The molecule has 128 valence electrons. The second kappa shape index (κ2) is 8.60. The number of nitrogens with one attached hydrogen (secondary N) is 1. The lowest BCUT2D eigenvalue weighted by molar-refractivity contribution is -0.127. The zero-order valence-electron chi connectivity index (χ0n) is 14.1. The van der Waals surface area contributed by atoms with Crippen LogP contribution in [-0.2, 0) is 11.3 Å². The van der Waals surface area contributed by atoms with E-state index in [1.807, 2.05) is 38.1 Å². The van der Waals surface area contributed by atoms with Gasteiger partial charge in [0.25, 0.3) is 5.91 Å². The summed E-state index contributed by atoms with van der Waals surface area (Å²) in [5, 5.41) is 3.43. The van der Waals surface area contributed by atoms with E-state index in [0.717, 1.165) is 11.3 Å². The van der Waals surface area contributed by atoms with Crippen LogP contribution in [0.2, 0.25) is 5.02 Å². The molecule has 5 heteroatoms. The van der Waals surface area contributed by atoms with Crippen molar-refractivity contribution in [1.29, 1.82) is 0 Å². The fourth-order valence-corrected chi connectivity index (χ4v) is 2.27. The zero-order valence-corrected chi connectivity index (χ0v) is 14.8. The Morgan fingerprint density at radius 2 is 1.75 bits per heavy atom. The Hall–Kier alpha value is -2.20. The van der Waals surface area contributed by atoms with Crippen LogP contribution < -0.4 is 14.8 Å². The molecule has 1 atom stereocenters. The first kappa shape index (κ1) is 18.1. The van der Waals surface area contributed by atoms with Crippen LogP contribution in [0.15, 0.2) is 48.5 Å². The molecular weight excluding hydrogens is 326 g/mol. The number of hydrogen-bond donors (Lipinski definition) is 1. The van der Waals surface area contributed by atoms with Crippen LogP contribution in [0.5, 0.6) is 11.5 Å². The predicted molar refractivity (Wildman–Crippen MR) is 95.6 cm³/mol. The highest BCUT2D eigenvalue weighted by Crippen LogP contribution is 2.18. The Kier molecular flexibility index (Phi) is 6.50. The van der Waals surface area contributed by atoms with E-state index in [1.165, 1.54) is 0 Å². The maximum atomic E-state index is 12.1. The van der Waals surface area contributed by atoms with E-state index in [4.69, 9.17) is 21.1 Å². The highest BCUT2D eigenvalue weighted by Gasteiger charge is 2.14. The van der Waals surface area contributed by atoms with Gasteiger partial charge in [0.05, 0.1) is 6.10 Å². The molecule has 24 heavy (non-hydrogen) atoms. The summed E-state index contributed by atoms with van der Waals surface area (Å²) in [7, 11) is 0. The fourth-order valence-electron chi connectivity index (χ4n) is 2.09. The molecule has 0 fully saturated rings. The van der Waals surface area contributed by atoms with Gasteiger partial charge >= 0.3 is 0 Å². The van der Waals surface area contributed by atoms with E-state index in [0.29, 0.717) is 17.3 Å². The van der Waals surface area contributed by atoms with E-state index in [9.17, 15) is 4.79 Å². The molecule has 0 aliphatic heterocycles. The van der Waals surface area contributed by atoms with E-state index in [2.05, 4.69) is 5.32 Å². The first-order valence-electron chi connectivity index (χ1n) is 7.89. The molecule has 0 aromatic heterocycles. The lowest BCUT2D eigenvalue weighted by atomic mass is 10.2. The SMILES string of the molecule is CC(C)Oc1ccc(CNC(=O)[C@@H](C)Oc2cccc(Cl)c2)cc1. The van der Waals surface area contributed by atoms with Gasteiger partial charge < -0.3 is 14.8 Å². The van der Waals surface area contributed by atoms with E-state index in [1.54, 1.807) is 31.2 Å². The summed E-state index contributed by atoms with van der Waals surface area (Å²) in [5.41, 5.74) is 0.995. The largest absolute Gasteiger partial charge is 0.491 e. The van der Waals surface area contributed by atoms with Crippen molar-refractivity contribution >= 4 is 17.5 Å². The Morgan fingerprint density at radius 1 is 1.04 bits per heavy atom. The predicted octanol–water partition coefficient (Wildman–Crippen LogP) is 4.21. The molecule has 0 saturated heterocycles. The quantitative estimate of drug-likeness (QED) is 0.816. The van der Waals surface area contributed by atoms with E-state index in [-0.39, 0.29) is 12.0 Å². The van der Waals surface area contributed by atoms with Crippen LogP contribution in [-0.4, -0.2) is 18.1 Å². The number of hydrogen-bond acceptors (Lipinski definition) is 3. The summed E-state index contributed by atoms with van der Waals surface area (Å²) in [4.78, 5) is 12.1. The second-order valence-electron chi connectivity index (χ2n) is 5.75. The van der Waals surface area contributed by atoms with Gasteiger partial charge in [-0.2, -0.15) is 0 Å². The first-order valence-corrected chi connectivity index (χ1v) is 8.27. The molecule has 0 radical (unpaired) electrons. The summed E-state index contributed by atoms with van der Waals surface area (Å²) in [5.74, 6) is 1.20. The fraction of sp³-hybridized carbons (Fsp3) is 0.316. The van der Waals surface area contributed by atoms with Crippen LogP contribution in [0.25, 0.3) is 0 Å². The summed E-state index contributed by atoms with van der Waals surface area (Å²) in [6.45, 7) is 6.10. The average Bonchev–Trinajstić information content (AvgIpc) is 2.53. The molecule has 1 amide bonds. The number of ether oxygens (including phenoxy) is 2. The Balaban J connectivity index is 1.83. The average molecular weight is 348 g/mol. The number of carbonyl (C=O) groups excluding carboxylic acids is 1. The topological polar surface area (TPSA) is 47.6 Å². The number of rotatable bonds is 7. The molecule has 2 aromatic rings. The van der Waals surface area contributed by atoms with E-state index >= 15 is 0 Å². The third kappa shape index (κ3) is 5.78. The molecule has 0 aliphatic rings. The van der Waals surface area contributed by atoms with Gasteiger partial charge in [-0.1, -0.05) is 29.8 Å². The summed E-state index contributed by atoms with van der Waals surface area (Å²) < 4.78 is 11.2. The molecule has 0 spiro atoms. The molecule has 0 heterocycles. The number of amides is 1. The summed E-state index contributed by atoms with van der Waals surface area (Å²) in [6.07, 6.45) is -0.466. The minimum absolute atomic E-state index is 0.139. The Labute approximate surface area is 147 Å². The van der Waals surface area contributed by atoms with Gasteiger partial charge in [-0.15, -0.1) is 0 Å². The van der Waals surface area contributed by atoms with Crippen molar-refractivity contribution in [2.24, 2.45) is 0 Å². The molecule has 2 aromatic carbocycles. The van der Waals surface area contributed by atoms with Crippen LogP contribution in [0.4, 0.5) is 0 Å². The molecule has 0 aliphatic carbocycles. The van der Waals surface area contributed by atoms with Gasteiger partial charge in [-0.25, -0.2) is 0 Å². The normalized spacial score (nSPS) is 11.9. The maximum absolute atomic E-state index is 12.1. The Bertz CT molecular complexity index is 671. The highest BCUT2D eigenvalue weighted by atomic mass is 35.5. The van der Waals surface area contributed by atoms with Crippen molar-refractivity contribution in [3.05, 3.63) is 59.1 Å². The van der Waals surface area contributed by atoms with Crippen LogP contribution in [0.3, 0.4) is 0 Å². The molecular formula is C19H22ClNO3. The zero-order chi connectivity index (χ0) is 17.5. The third-order valence-electron chi connectivity index (χ3n) is 3.24. The number of halogens is 1. The highest BCUT2D eigenvalue weighted by molar-refractivity contribution is 6.30. The van der Waals surface area contributed by atoms with Crippen LogP contribution in [0.1, 0.15) is 26.3 Å². The number of benzene rings is 2. The van der Waals surface area contributed by atoms with Crippen molar-refractivity contribution < 1.29 is 14.3 Å². The van der Waals surface area contributed by atoms with Gasteiger partial charge in [0.1, 0.15) is 11.5 Å². The van der Waals surface area contributed by atoms with Crippen molar-refractivity contribution in [3.63, 3.8) is 0 Å². The van der Waals surface area contributed by atoms with Crippen LogP contribution >= 0.6 is 11.6 Å². The van der Waals surface area contributed by atoms with E-state index < -0.39 is 6.10 Å². The lowest BCUT2D eigenvalue weighted by Crippen LogP contribution is -2.35. The van der Waals surface area contributed by atoms with Gasteiger partial charge in [0.15, 0.2) is 6.10 Å². The van der Waals surface area contributed by atoms with Crippen molar-refractivity contribution in [2.75, 3.05) is 0 Å². The number of carbonyl (C=O) groups is 1. The summed E-state index contributed by atoms with van der Waals surface area (Å²) >= 11 is 5.90. The minimum atomic E-state index is -0.605. The first-order chi connectivity index (χ1) is 11.4. The third-order valence-corrected chi connectivity index (χ3v) is 3.48. The maximum Gasteiger partial charge on any atom is 0.261 e. The molecule has 0 saturated carbocycles. The van der Waals surface area contributed by atoms with Gasteiger partial charge in [-0.05, 0) is 56.7 Å². The van der Waals surface area contributed by atoms with Crippen molar-refractivity contribution in [3.8, 4) is 11.5 Å². The van der Waals surface area contributed by atoms with Crippen LogP contribution in [0, 0.1) is 0 Å². The molecule has 0 bridgehead atoms. The Morgan fingerprint density at radius 3 is 2.38 bits per heavy atom. The standard InChI is InChI=1S/C19H22ClNO3/c1-13(2)23-17-9-7-15(8-10-17)12-21-19(22)14(3)24-18-6-4-5-16(20)11-18/h4-11,13-14H,12H2,1-3H3,(H,21,22)/t14-/m1/s1. The molecule has 1 N–H and O–H groups in total. The van der Waals surface area contributed by atoms with Crippen molar-refractivity contribution in [1.82, 2.24) is 5.32 Å². The molecule has 2 rings (SSSR count). The van der Waals surface area contributed by atoms with Crippen molar-refractivity contribution in [2.45, 2.75) is 39.5 Å². The minimum Gasteiger partial charge on any atom is -0.491 e. The van der Waals surface area contributed by atoms with Gasteiger partial charge in [0, 0.05) is 11.6 Å². The lowest BCUT2D eigenvalue weighted by Gasteiger charge is -2.15. The smallest absolute Gasteiger partial charge is 0.261 e. The monoisotopic (exact) mass is 347 g/mol. The molecule has 4 nitrogen and oxygen atoms in total. The van der Waals surface area contributed by atoms with Gasteiger partial charge in [0.2, 0.25) is 0 Å². The second-order valence-corrected chi connectivity index (χ2v) is 6.18. The molecule has 0 unspecified atom stereocenters.